The van der Waals surface area contributed by atoms with Crippen LogP contribution in [0.25, 0.3) is 0 Å². The number of rotatable bonds is 14. The molecule has 0 aliphatic rings. The maximum atomic E-state index is 13.7. The van der Waals surface area contributed by atoms with Crippen molar-refractivity contribution in [2.45, 2.75) is 99.8 Å². The SMILES string of the molecule is C/C=C/CCC(F)(F)C(F)(F)C(F)(F)C(F)(F)C(F)(F)C(F)(F)C(F)(F)C(F)(F)CCCCC. The van der Waals surface area contributed by atoms with E-state index in [0.717, 1.165) is 13.0 Å². The van der Waals surface area contributed by atoms with Crippen molar-refractivity contribution in [1.29, 1.82) is 0 Å². The van der Waals surface area contributed by atoms with Gasteiger partial charge in [0.25, 0.3) is 0 Å². The fourth-order valence-corrected chi connectivity index (χ4v) is 2.59. The molecule has 0 N–H and O–H groups in total. The zero-order valence-electron chi connectivity index (χ0n) is 17.4. The standard InChI is InChI=1S/C18H20F16/c1-3-5-7-9-11(19,20)13(23,24)15(27,28)17(31,32)18(33,34)16(29,30)14(25,26)12(21,22)10-8-6-4-2/h3,5H,4,6-10H2,1-2H3/b5-3+. The third-order valence-electron chi connectivity index (χ3n) is 4.85. The summed E-state index contributed by atoms with van der Waals surface area (Å²) in [7, 11) is 0. The predicted molar refractivity (Wildman–Crippen MR) is 87.8 cm³/mol. The molecule has 0 aliphatic carbocycles. The monoisotopic (exact) mass is 540 g/mol. The second kappa shape index (κ2) is 9.94. The van der Waals surface area contributed by atoms with Crippen LogP contribution in [-0.2, 0) is 0 Å². The number of hydrogen-bond acceptors (Lipinski definition) is 0. The van der Waals surface area contributed by atoms with E-state index in [0.29, 0.717) is 6.08 Å². The number of alkyl halides is 16. The lowest BCUT2D eigenvalue weighted by atomic mass is 9.86. The van der Waals surface area contributed by atoms with E-state index >= 15 is 0 Å². The van der Waals surface area contributed by atoms with Crippen molar-refractivity contribution < 1.29 is 70.2 Å². The number of unbranched alkanes of at least 4 members (excludes halogenated alkanes) is 2. The molecule has 0 aliphatic heterocycles. The molecule has 0 aromatic carbocycles. The van der Waals surface area contributed by atoms with E-state index in [9.17, 15) is 70.2 Å². The lowest BCUT2D eigenvalue weighted by molar-refractivity contribution is -0.453. The Morgan fingerprint density at radius 1 is 0.471 bits per heavy atom. The maximum Gasteiger partial charge on any atom is 0.384 e. The Balaban J connectivity index is 6.51. The molecule has 0 saturated heterocycles. The normalized spacial score (nSPS) is 15.9. The molecular formula is C18H20F16. The molecule has 0 heterocycles. The Morgan fingerprint density at radius 2 is 0.794 bits per heavy atom. The quantitative estimate of drug-likeness (QED) is 0.117. The summed E-state index contributed by atoms with van der Waals surface area (Å²) < 4.78 is 219. The van der Waals surface area contributed by atoms with Gasteiger partial charge in [0.05, 0.1) is 0 Å². The molecule has 0 spiro atoms. The zero-order valence-corrected chi connectivity index (χ0v) is 17.4. The highest BCUT2D eigenvalue weighted by Crippen LogP contribution is 2.64. The molecule has 0 rings (SSSR count). The molecule has 0 saturated carbocycles. The third-order valence-corrected chi connectivity index (χ3v) is 4.85. The summed E-state index contributed by atoms with van der Waals surface area (Å²) >= 11 is 0. The van der Waals surface area contributed by atoms with Gasteiger partial charge in [-0.1, -0.05) is 31.9 Å². The number of allylic oxidation sites excluding steroid dienone is 2. The van der Waals surface area contributed by atoms with E-state index in [1.165, 1.54) is 6.92 Å². The average Bonchev–Trinajstić information content (AvgIpc) is 2.67. The first-order valence-electron chi connectivity index (χ1n) is 9.51. The summed E-state index contributed by atoms with van der Waals surface area (Å²) in [6, 6.07) is 0. The van der Waals surface area contributed by atoms with Gasteiger partial charge in [0.1, 0.15) is 0 Å². The molecule has 204 valence electrons. The van der Waals surface area contributed by atoms with Crippen LogP contribution < -0.4 is 0 Å². The number of hydrogen-bond donors (Lipinski definition) is 0. The average molecular weight is 540 g/mol. The van der Waals surface area contributed by atoms with Crippen LogP contribution in [0, 0.1) is 0 Å². The van der Waals surface area contributed by atoms with Gasteiger partial charge in [0, 0.05) is 12.8 Å². The van der Waals surface area contributed by atoms with Crippen molar-refractivity contribution in [1.82, 2.24) is 0 Å². The first-order chi connectivity index (χ1) is 14.9. The minimum atomic E-state index is -8.35. The molecule has 34 heavy (non-hydrogen) atoms. The fourth-order valence-electron chi connectivity index (χ4n) is 2.59. The second-order valence-electron chi connectivity index (χ2n) is 7.42. The van der Waals surface area contributed by atoms with Gasteiger partial charge in [-0.05, 0) is 19.8 Å². The van der Waals surface area contributed by atoms with E-state index in [-0.39, 0.29) is 12.8 Å². The Hall–Kier alpha value is -1.38. The molecule has 0 fully saturated rings. The van der Waals surface area contributed by atoms with Crippen molar-refractivity contribution in [3.05, 3.63) is 12.2 Å². The molecule has 0 aromatic heterocycles. The molecular weight excluding hydrogens is 520 g/mol. The molecule has 0 aromatic rings. The molecule has 0 nitrogen and oxygen atoms in total. The van der Waals surface area contributed by atoms with Gasteiger partial charge < -0.3 is 0 Å². The minimum Gasteiger partial charge on any atom is -0.200 e. The van der Waals surface area contributed by atoms with Gasteiger partial charge >= 0.3 is 47.4 Å². The van der Waals surface area contributed by atoms with Crippen molar-refractivity contribution in [3.8, 4) is 0 Å². The van der Waals surface area contributed by atoms with Gasteiger partial charge in [-0.25, -0.2) is 0 Å². The van der Waals surface area contributed by atoms with Gasteiger partial charge in [0.2, 0.25) is 0 Å². The summed E-state index contributed by atoms with van der Waals surface area (Å²) in [5, 5.41) is 0. The van der Waals surface area contributed by atoms with Crippen LogP contribution in [0.15, 0.2) is 12.2 Å². The largest absolute Gasteiger partial charge is 0.384 e. The molecule has 0 radical (unpaired) electrons. The Morgan fingerprint density at radius 3 is 1.12 bits per heavy atom. The van der Waals surface area contributed by atoms with E-state index in [1.54, 1.807) is 0 Å². The summed E-state index contributed by atoms with van der Waals surface area (Å²) in [6.07, 6.45) is -5.67. The highest BCUT2D eigenvalue weighted by atomic mass is 19.4. The van der Waals surface area contributed by atoms with Crippen LogP contribution in [0.1, 0.15) is 52.4 Å². The van der Waals surface area contributed by atoms with Crippen molar-refractivity contribution in [2.75, 3.05) is 0 Å². The lowest BCUT2D eigenvalue weighted by Gasteiger charge is -2.43. The van der Waals surface area contributed by atoms with Crippen LogP contribution in [0.5, 0.6) is 0 Å². The highest BCUT2D eigenvalue weighted by Gasteiger charge is 2.94. The zero-order chi connectivity index (χ0) is 27.7. The number of halogens is 16. The van der Waals surface area contributed by atoms with Crippen LogP contribution in [0.2, 0.25) is 0 Å². The smallest absolute Gasteiger partial charge is 0.200 e. The minimum absolute atomic E-state index is 0.00976. The van der Waals surface area contributed by atoms with E-state index in [2.05, 4.69) is 0 Å². The predicted octanol–water partition coefficient (Wildman–Crippen LogP) is 9.01. The Bertz CT molecular complexity index is 692. The molecule has 16 heteroatoms. The van der Waals surface area contributed by atoms with Crippen molar-refractivity contribution in [3.63, 3.8) is 0 Å². The maximum absolute atomic E-state index is 13.7. The summed E-state index contributed by atoms with van der Waals surface area (Å²) in [5.74, 6) is -60.3. The van der Waals surface area contributed by atoms with Crippen molar-refractivity contribution in [2.24, 2.45) is 0 Å². The Kier molecular flexibility index (Phi) is 9.53. The molecule has 0 amide bonds. The summed E-state index contributed by atoms with van der Waals surface area (Å²) in [4.78, 5) is 0. The van der Waals surface area contributed by atoms with Crippen LogP contribution in [-0.4, -0.2) is 47.4 Å². The van der Waals surface area contributed by atoms with Crippen LogP contribution >= 0.6 is 0 Å². The third kappa shape index (κ3) is 4.96. The van der Waals surface area contributed by atoms with Gasteiger partial charge in [-0.3, -0.25) is 0 Å². The molecule has 0 atom stereocenters. The molecule has 0 bridgehead atoms. The second-order valence-corrected chi connectivity index (χ2v) is 7.42. The van der Waals surface area contributed by atoms with Gasteiger partial charge in [-0.2, -0.15) is 70.2 Å². The first kappa shape index (κ1) is 32.6. The summed E-state index contributed by atoms with van der Waals surface area (Å²) in [6.45, 7) is 2.43. The molecule has 0 unspecified atom stereocenters. The fraction of sp³-hybridized carbons (Fsp3) is 0.889. The van der Waals surface area contributed by atoms with Crippen LogP contribution in [0.3, 0.4) is 0 Å². The van der Waals surface area contributed by atoms with Gasteiger partial charge in [0.15, 0.2) is 0 Å². The Labute approximate surface area is 183 Å². The van der Waals surface area contributed by atoms with Crippen LogP contribution in [0.4, 0.5) is 70.2 Å². The van der Waals surface area contributed by atoms with Gasteiger partial charge in [-0.15, -0.1) is 0 Å². The lowest BCUT2D eigenvalue weighted by Crippen LogP contribution is -2.74. The highest BCUT2D eigenvalue weighted by molar-refractivity contribution is 5.16. The van der Waals surface area contributed by atoms with E-state index in [1.807, 2.05) is 0 Å². The topological polar surface area (TPSA) is 0 Å². The van der Waals surface area contributed by atoms with Crippen molar-refractivity contribution >= 4 is 0 Å². The summed E-state index contributed by atoms with van der Waals surface area (Å²) in [5.41, 5.74) is 0. The van der Waals surface area contributed by atoms with E-state index in [4.69, 9.17) is 0 Å². The van der Waals surface area contributed by atoms with E-state index < -0.39 is 73.1 Å². The first-order valence-corrected chi connectivity index (χ1v) is 9.51.